The molecule has 8 nitrogen and oxygen atoms in total. The predicted molar refractivity (Wildman–Crippen MR) is 101 cm³/mol. The topological polar surface area (TPSA) is 98.8 Å². The van der Waals surface area contributed by atoms with Crippen molar-refractivity contribution in [3.63, 3.8) is 0 Å². The highest BCUT2D eigenvalue weighted by Gasteiger charge is 2.10. The van der Waals surface area contributed by atoms with E-state index < -0.39 is 4.92 Å². The number of nitro groups is 1. The van der Waals surface area contributed by atoms with Crippen LogP contribution in [0.5, 0.6) is 5.75 Å². The Bertz CT molecular complexity index is 966. The van der Waals surface area contributed by atoms with Gasteiger partial charge in [0, 0.05) is 23.9 Å². The van der Waals surface area contributed by atoms with E-state index in [0.717, 1.165) is 12.0 Å². The summed E-state index contributed by atoms with van der Waals surface area (Å²) in [5.74, 6) is 0.424. The highest BCUT2D eigenvalue weighted by atomic mass is 16.6. The molecule has 140 valence electrons. The Kier molecular flexibility index (Phi) is 5.35. The summed E-state index contributed by atoms with van der Waals surface area (Å²) in [6.07, 6.45) is 4.03. The Labute approximate surface area is 155 Å². The molecular formula is C19H20N4O4. The smallest absolute Gasteiger partial charge is 0.286 e. The van der Waals surface area contributed by atoms with Crippen LogP contribution in [0.1, 0.15) is 20.3 Å². The number of amides is 1. The Morgan fingerprint density at radius 3 is 2.67 bits per heavy atom. The molecule has 1 amide bonds. The van der Waals surface area contributed by atoms with Crippen LogP contribution in [0.3, 0.4) is 0 Å². The minimum absolute atomic E-state index is 0.00543. The van der Waals surface area contributed by atoms with Gasteiger partial charge in [-0.15, -0.1) is 0 Å². The average molecular weight is 368 g/mol. The molecule has 0 radical (unpaired) electrons. The molecule has 0 spiro atoms. The molecule has 1 unspecified atom stereocenters. The first-order valence-electron chi connectivity index (χ1n) is 8.62. The number of carbonyl (C=O) groups is 1. The number of nitrogens with zero attached hydrogens (tertiary/aromatic N) is 3. The molecule has 0 fully saturated rings. The molecule has 1 aromatic carbocycles. The van der Waals surface area contributed by atoms with Crippen molar-refractivity contribution in [2.24, 2.45) is 0 Å². The molecule has 3 aromatic rings. The molecule has 0 bridgehead atoms. The van der Waals surface area contributed by atoms with E-state index in [9.17, 15) is 14.9 Å². The number of aromatic nitrogens is 2. The highest BCUT2D eigenvalue weighted by molar-refractivity contribution is 5.77. The Morgan fingerprint density at radius 1 is 1.26 bits per heavy atom. The fourth-order valence-corrected chi connectivity index (χ4v) is 2.52. The van der Waals surface area contributed by atoms with Crippen LogP contribution in [0.25, 0.3) is 16.9 Å². The van der Waals surface area contributed by atoms with Crippen molar-refractivity contribution in [3.8, 4) is 17.0 Å². The van der Waals surface area contributed by atoms with Crippen LogP contribution in [0.2, 0.25) is 0 Å². The van der Waals surface area contributed by atoms with E-state index in [1.165, 1.54) is 12.3 Å². The van der Waals surface area contributed by atoms with Gasteiger partial charge in [-0.25, -0.2) is 4.98 Å². The van der Waals surface area contributed by atoms with Gasteiger partial charge in [0.25, 0.3) is 11.6 Å². The van der Waals surface area contributed by atoms with Crippen molar-refractivity contribution in [2.45, 2.75) is 26.3 Å². The number of imidazole rings is 1. The van der Waals surface area contributed by atoms with Crippen LogP contribution in [-0.2, 0) is 4.79 Å². The fourth-order valence-electron chi connectivity index (χ4n) is 2.52. The quantitative estimate of drug-likeness (QED) is 0.510. The highest BCUT2D eigenvalue weighted by Crippen LogP contribution is 2.23. The SMILES string of the molecule is CCC(C)NC(=O)COc1ccc(-c2cn3cc([N+](=O)[O-])ccc3n2)cc1. The standard InChI is InChI=1S/C19H20N4O4/c1-3-13(2)20-19(24)12-27-16-7-4-14(5-8-16)17-11-22-10-15(23(25)26)6-9-18(22)21-17/h4-11,13H,3,12H2,1-2H3,(H,20,24). The van der Waals surface area contributed by atoms with Crippen molar-refractivity contribution in [1.82, 2.24) is 14.7 Å². The van der Waals surface area contributed by atoms with Crippen molar-refractivity contribution < 1.29 is 14.5 Å². The number of hydrogen-bond donors (Lipinski definition) is 1. The van der Waals surface area contributed by atoms with Gasteiger partial charge in [-0.3, -0.25) is 19.3 Å². The monoisotopic (exact) mass is 368 g/mol. The Hall–Kier alpha value is -3.42. The third-order valence-electron chi connectivity index (χ3n) is 4.19. The summed E-state index contributed by atoms with van der Waals surface area (Å²) in [5, 5.41) is 13.7. The molecule has 2 aromatic heterocycles. The third kappa shape index (κ3) is 4.41. The predicted octanol–water partition coefficient (Wildman–Crippen LogP) is 3.20. The second-order valence-corrected chi connectivity index (χ2v) is 6.23. The van der Waals surface area contributed by atoms with E-state index in [1.54, 1.807) is 28.8 Å². The summed E-state index contributed by atoms with van der Waals surface area (Å²) >= 11 is 0. The van der Waals surface area contributed by atoms with Gasteiger partial charge in [0.2, 0.25) is 0 Å². The summed E-state index contributed by atoms with van der Waals surface area (Å²) in [6, 6.07) is 10.3. The van der Waals surface area contributed by atoms with Gasteiger partial charge < -0.3 is 10.1 Å². The number of hydrogen-bond acceptors (Lipinski definition) is 5. The van der Waals surface area contributed by atoms with Crippen LogP contribution in [0, 0.1) is 10.1 Å². The second-order valence-electron chi connectivity index (χ2n) is 6.23. The number of carbonyl (C=O) groups excluding carboxylic acids is 1. The van der Waals surface area contributed by atoms with Crippen molar-refractivity contribution in [1.29, 1.82) is 0 Å². The lowest BCUT2D eigenvalue weighted by molar-refractivity contribution is -0.385. The molecular weight excluding hydrogens is 348 g/mol. The zero-order chi connectivity index (χ0) is 19.4. The molecule has 27 heavy (non-hydrogen) atoms. The maximum atomic E-state index is 11.8. The van der Waals surface area contributed by atoms with E-state index in [2.05, 4.69) is 10.3 Å². The van der Waals surface area contributed by atoms with Gasteiger partial charge in [-0.2, -0.15) is 0 Å². The largest absolute Gasteiger partial charge is 0.484 e. The summed E-state index contributed by atoms with van der Waals surface area (Å²) < 4.78 is 7.11. The normalized spacial score (nSPS) is 11.9. The minimum atomic E-state index is -0.442. The van der Waals surface area contributed by atoms with Crippen LogP contribution in [0.15, 0.2) is 48.8 Å². The van der Waals surface area contributed by atoms with Crippen molar-refractivity contribution in [3.05, 3.63) is 58.9 Å². The van der Waals surface area contributed by atoms with E-state index in [0.29, 0.717) is 17.1 Å². The fraction of sp³-hybridized carbons (Fsp3) is 0.263. The van der Waals surface area contributed by atoms with Gasteiger partial charge in [-0.05, 0) is 43.7 Å². The summed E-state index contributed by atoms with van der Waals surface area (Å²) in [5.41, 5.74) is 2.16. The molecule has 1 atom stereocenters. The van der Waals surface area contributed by atoms with E-state index in [-0.39, 0.29) is 24.2 Å². The second kappa shape index (κ2) is 7.86. The van der Waals surface area contributed by atoms with Gasteiger partial charge in [-0.1, -0.05) is 6.92 Å². The first kappa shape index (κ1) is 18.4. The van der Waals surface area contributed by atoms with E-state index in [4.69, 9.17) is 4.74 Å². The third-order valence-corrected chi connectivity index (χ3v) is 4.19. The van der Waals surface area contributed by atoms with Gasteiger partial charge in [0.1, 0.15) is 11.4 Å². The Balaban J connectivity index is 1.69. The lowest BCUT2D eigenvalue weighted by Gasteiger charge is -2.12. The maximum Gasteiger partial charge on any atom is 0.286 e. The molecule has 0 aliphatic carbocycles. The minimum Gasteiger partial charge on any atom is -0.484 e. The lowest BCUT2D eigenvalue weighted by Crippen LogP contribution is -2.35. The lowest BCUT2D eigenvalue weighted by atomic mass is 10.2. The number of benzene rings is 1. The van der Waals surface area contributed by atoms with E-state index >= 15 is 0 Å². The summed E-state index contributed by atoms with van der Waals surface area (Å²) in [4.78, 5) is 26.6. The van der Waals surface area contributed by atoms with Crippen LogP contribution in [-0.4, -0.2) is 32.9 Å². The molecule has 0 aliphatic heterocycles. The van der Waals surface area contributed by atoms with Crippen LogP contribution < -0.4 is 10.1 Å². The van der Waals surface area contributed by atoms with Crippen molar-refractivity contribution in [2.75, 3.05) is 6.61 Å². The summed E-state index contributed by atoms with van der Waals surface area (Å²) in [6.45, 7) is 3.90. The number of ether oxygens (including phenoxy) is 1. The molecule has 0 saturated heterocycles. The number of pyridine rings is 1. The Morgan fingerprint density at radius 2 is 2.00 bits per heavy atom. The maximum absolute atomic E-state index is 11.8. The first-order chi connectivity index (χ1) is 13.0. The van der Waals surface area contributed by atoms with E-state index in [1.807, 2.05) is 26.0 Å². The number of rotatable bonds is 7. The molecule has 8 heteroatoms. The molecule has 2 heterocycles. The summed E-state index contributed by atoms with van der Waals surface area (Å²) in [7, 11) is 0. The van der Waals surface area contributed by atoms with Crippen molar-refractivity contribution >= 4 is 17.2 Å². The van der Waals surface area contributed by atoms with Gasteiger partial charge in [0.15, 0.2) is 6.61 Å². The zero-order valence-corrected chi connectivity index (χ0v) is 15.1. The van der Waals surface area contributed by atoms with Gasteiger partial charge >= 0.3 is 0 Å². The average Bonchev–Trinajstić information content (AvgIpc) is 3.09. The molecule has 0 aliphatic rings. The van der Waals surface area contributed by atoms with Crippen LogP contribution in [0.4, 0.5) is 5.69 Å². The molecule has 0 saturated carbocycles. The number of nitrogens with one attached hydrogen (secondary N) is 1. The zero-order valence-electron chi connectivity index (χ0n) is 15.1. The molecule has 1 N–H and O–H groups in total. The molecule has 3 rings (SSSR count). The first-order valence-corrected chi connectivity index (χ1v) is 8.62. The van der Waals surface area contributed by atoms with Gasteiger partial charge in [0.05, 0.1) is 16.8 Å². The van der Waals surface area contributed by atoms with Crippen LogP contribution >= 0.6 is 0 Å². The number of fused-ring (bicyclic) bond motifs is 1.